The number of para-hydroxylation sites is 1. The van der Waals surface area contributed by atoms with Gasteiger partial charge in [-0.1, -0.05) is 42.5 Å². The molecule has 0 bridgehead atoms. The fourth-order valence-corrected chi connectivity index (χ4v) is 3.16. The van der Waals surface area contributed by atoms with Crippen molar-refractivity contribution in [2.75, 3.05) is 11.9 Å². The average molecular weight is 362 g/mol. The predicted octanol–water partition coefficient (Wildman–Crippen LogP) is 2.63. The number of carbonyl (C=O) groups excluding carboxylic acids is 1. The van der Waals surface area contributed by atoms with Crippen molar-refractivity contribution in [2.45, 2.75) is 19.5 Å². The van der Waals surface area contributed by atoms with Gasteiger partial charge in [-0.05, 0) is 26.0 Å². The Kier molecular flexibility index (Phi) is 3.99. The first kappa shape index (κ1) is 17.0. The standard InChI is InChI=1S/C20H18N4O3/c1-3-27-19(26)20(2)22-15-12-8-7-11-14(15)17-21-18(25)16(23-24(17)20)13-9-5-4-6-10-13/h4-12,22H,3H2,1-2H3. The summed E-state index contributed by atoms with van der Waals surface area (Å²) in [4.78, 5) is 29.7. The fraction of sp³-hybridized carbons (Fsp3) is 0.200. The van der Waals surface area contributed by atoms with Crippen molar-refractivity contribution >= 4 is 11.7 Å². The van der Waals surface area contributed by atoms with Crippen LogP contribution < -0.4 is 10.9 Å². The van der Waals surface area contributed by atoms with Gasteiger partial charge in [-0.25, -0.2) is 9.48 Å². The van der Waals surface area contributed by atoms with Gasteiger partial charge in [0.2, 0.25) is 5.66 Å². The van der Waals surface area contributed by atoms with Crippen LogP contribution in [0.1, 0.15) is 13.8 Å². The molecule has 1 N–H and O–H groups in total. The molecule has 2 heterocycles. The summed E-state index contributed by atoms with van der Waals surface area (Å²) in [6, 6.07) is 16.4. The molecule has 0 saturated carbocycles. The Hall–Kier alpha value is -3.48. The second-order valence-corrected chi connectivity index (χ2v) is 6.33. The molecular formula is C20H18N4O3. The number of benzene rings is 2. The van der Waals surface area contributed by atoms with Gasteiger partial charge in [0.25, 0.3) is 5.56 Å². The number of nitrogens with zero attached hydrogens (tertiary/aromatic N) is 3. The van der Waals surface area contributed by atoms with E-state index in [9.17, 15) is 9.59 Å². The van der Waals surface area contributed by atoms with E-state index in [4.69, 9.17) is 4.74 Å². The Morgan fingerprint density at radius 3 is 2.59 bits per heavy atom. The summed E-state index contributed by atoms with van der Waals surface area (Å²) in [6.07, 6.45) is 0. The van der Waals surface area contributed by atoms with Crippen LogP contribution in [-0.2, 0) is 15.2 Å². The number of hydrogen-bond acceptors (Lipinski definition) is 6. The van der Waals surface area contributed by atoms with Crippen molar-refractivity contribution in [1.82, 2.24) is 14.8 Å². The van der Waals surface area contributed by atoms with Gasteiger partial charge < -0.3 is 10.1 Å². The smallest absolute Gasteiger partial charge is 0.354 e. The zero-order valence-electron chi connectivity index (χ0n) is 15.0. The molecule has 27 heavy (non-hydrogen) atoms. The van der Waals surface area contributed by atoms with Crippen molar-refractivity contribution in [2.24, 2.45) is 0 Å². The minimum atomic E-state index is -1.33. The third-order valence-electron chi connectivity index (χ3n) is 4.50. The summed E-state index contributed by atoms with van der Waals surface area (Å²) < 4.78 is 6.71. The van der Waals surface area contributed by atoms with Crippen molar-refractivity contribution < 1.29 is 9.53 Å². The van der Waals surface area contributed by atoms with Crippen molar-refractivity contribution in [3.05, 3.63) is 65.0 Å². The minimum absolute atomic E-state index is 0.177. The molecule has 0 amide bonds. The first-order valence-electron chi connectivity index (χ1n) is 8.66. The van der Waals surface area contributed by atoms with Gasteiger partial charge in [0.1, 0.15) is 0 Å². The SMILES string of the molecule is CCOC(=O)C1(C)Nc2ccccc2-c2nc(=O)c(-c3ccccc3)nn21. The van der Waals surface area contributed by atoms with Crippen LogP contribution in [0.5, 0.6) is 0 Å². The maximum Gasteiger partial charge on any atom is 0.354 e. The molecule has 0 fully saturated rings. The molecule has 1 aromatic heterocycles. The summed E-state index contributed by atoms with van der Waals surface area (Å²) >= 11 is 0. The zero-order chi connectivity index (χ0) is 19.0. The number of nitrogens with one attached hydrogen (secondary N) is 1. The number of ether oxygens (including phenoxy) is 1. The highest BCUT2D eigenvalue weighted by Crippen LogP contribution is 2.37. The number of fused-ring (bicyclic) bond motifs is 3. The lowest BCUT2D eigenvalue weighted by Gasteiger charge is -2.36. The Bertz CT molecular complexity index is 1080. The third kappa shape index (κ3) is 2.68. The van der Waals surface area contributed by atoms with E-state index in [0.29, 0.717) is 22.6 Å². The first-order chi connectivity index (χ1) is 13.0. The molecule has 4 rings (SSSR count). The van der Waals surface area contributed by atoms with E-state index in [1.54, 1.807) is 26.0 Å². The minimum Gasteiger partial charge on any atom is -0.463 e. The lowest BCUT2D eigenvalue weighted by Crippen LogP contribution is -2.51. The summed E-state index contributed by atoms with van der Waals surface area (Å²) in [7, 11) is 0. The highest BCUT2D eigenvalue weighted by atomic mass is 16.5. The number of anilines is 1. The Balaban J connectivity index is 2.00. The van der Waals surface area contributed by atoms with Crippen LogP contribution in [-0.4, -0.2) is 27.3 Å². The van der Waals surface area contributed by atoms with Gasteiger partial charge >= 0.3 is 5.97 Å². The number of carbonyl (C=O) groups is 1. The highest BCUT2D eigenvalue weighted by molar-refractivity contribution is 5.88. The molecule has 1 aliphatic heterocycles. The second kappa shape index (κ2) is 6.35. The summed E-state index contributed by atoms with van der Waals surface area (Å²) in [5, 5.41) is 7.71. The molecular weight excluding hydrogens is 344 g/mol. The van der Waals surface area contributed by atoms with Crippen molar-refractivity contribution in [3.8, 4) is 22.6 Å². The van der Waals surface area contributed by atoms with Crippen LogP contribution in [0, 0.1) is 0 Å². The molecule has 1 unspecified atom stereocenters. The third-order valence-corrected chi connectivity index (χ3v) is 4.50. The van der Waals surface area contributed by atoms with Crippen LogP contribution in [0.3, 0.4) is 0 Å². The van der Waals surface area contributed by atoms with Crippen LogP contribution in [0.2, 0.25) is 0 Å². The molecule has 1 atom stereocenters. The molecule has 136 valence electrons. The Morgan fingerprint density at radius 2 is 1.85 bits per heavy atom. The van der Waals surface area contributed by atoms with Crippen LogP contribution in [0.4, 0.5) is 5.69 Å². The van der Waals surface area contributed by atoms with E-state index in [2.05, 4.69) is 15.4 Å². The Labute approximate surface area is 155 Å². The highest BCUT2D eigenvalue weighted by Gasteiger charge is 2.44. The predicted molar refractivity (Wildman–Crippen MR) is 101 cm³/mol. The van der Waals surface area contributed by atoms with Crippen LogP contribution in [0.25, 0.3) is 22.6 Å². The molecule has 0 aliphatic carbocycles. The molecule has 0 radical (unpaired) electrons. The van der Waals surface area contributed by atoms with E-state index >= 15 is 0 Å². The molecule has 1 aliphatic rings. The molecule has 3 aromatic rings. The Morgan fingerprint density at radius 1 is 1.15 bits per heavy atom. The van der Waals surface area contributed by atoms with Crippen molar-refractivity contribution in [1.29, 1.82) is 0 Å². The van der Waals surface area contributed by atoms with Crippen LogP contribution >= 0.6 is 0 Å². The number of rotatable bonds is 3. The van der Waals surface area contributed by atoms with E-state index in [-0.39, 0.29) is 12.3 Å². The van der Waals surface area contributed by atoms with Gasteiger partial charge in [-0.2, -0.15) is 10.1 Å². The molecule has 7 nitrogen and oxygen atoms in total. The van der Waals surface area contributed by atoms with E-state index in [0.717, 1.165) is 0 Å². The normalized spacial score (nSPS) is 17.4. The quantitative estimate of drug-likeness (QED) is 0.721. The van der Waals surface area contributed by atoms with E-state index < -0.39 is 17.2 Å². The molecule has 0 spiro atoms. The lowest BCUT2D eigenvalue weighted by molar-refractivity contribution is -0.152. The molecule has 2 aromatic carbocycles. The van der Waals surface area contributed by atoms with Gasteiger partial charge in [0.15, 0.2) is 11.5 Å². The van der Waals surface area contributed by atoms with E-state index in [1.807, 2.05) is 42.5 Å². The second-order valence-electron chi connectivity index (χ2n) is 6.33. The number of esters is 1. The first-order valence-corrected chi connectivity index (χ1v) is 8.66. The van der Waals surface area contributed by atoms with Crippen LogP contribution in [0.15, 0.2) is 59.4 Å². The van der Waals surface area contributed by atoms with Gasteiger partial charge in [-0.3, -0.25) is 4.79 Å². The lowest BCUT2D eigenvalue weighted by atomic mass is 10.0. The van der Waals surface area contributed by atoms with Gasteiger partial charge in [0.05, 0.1) is 6.61 Å². The van der Waals surface area contributed by atoms with Gasteiger partial charge in [0, 0.05) is 16.8 Å². The fourth-order valence-electron chi connectivity index (χ4n) is 3.16. The topological polar surface area (TPSA) is 86.1 Å². The largest absolute Gasteiger partial charge is 0.463 e. The average Bonchev–Trinajstić information content (AvgIpc) is 2.68. The number of hydrogen-bond donors (Lipinski definition) is 1. The number of aromatic nitrogens is 3. The maximum atomic E-state index is 12.8. The van der Waals surface area contributed by atoms with Crippen molar-refractivity contribution in [3.63, 3.8) is 0 Å². The monoisotopic (exact) mass is 362 g/mol. The molecule has 7 heteroatoms. The maximum absolute atomic E-state index is 12.8. The summed E-state index contributed by atoms with van der Waals surface area (Å²) in [5.74, 6) is -0.178. The summed E-state index contributed by atoms with van der Waals surface area (Å²) in [5.41, 5.74) is 0.420. The van der Waals surface area contributed by atoms with Gasteiger partial charge in [-0.15, -0.1) is 0 Å². The zero-order valence-corrected chi connectivity index (χ0v) is 15.0. The summed E-state index contributed by atoms with van der Waals surface area (Å²) in [6.45, 7) is 3.63. The molecule has 0 saturated heterocycles. The van der Waals surface area contributed by atoms with E-state index in [1.165, 1.54) is 4.68 Å².